The molecule has 4 rings (SSSR count). The van der Waals surface area contributed by atoms with Crippen LogP contribution in [0.4, 0.5) is 0 Å². The van der Waals surface area contributed by atoms with Gasteiger partial charge < -0.3 is 14.6 Å². The van der Waals surface area contributed by atoms with Gasteiger partial charge in [-0.3, -0.25) is 4.98 Å². The van der Waals surface area contributed by atoms with Gasteiger partial charge in [0.1, 0.15) is 5.84 Å². The molecule has 0 atom stereocenters. The van der Waals surface area contributed by atoms with E-state index in [9.17, 15) is 0 Å². The number of nitrogens with zero attached hydrogens (tertiary/aromatic N) is 4. The van der Waals surface area contributed by atoms with Gasteiger partial charge in [-0.15, -0.1) is 11.8 Å². The molecule has 27 heavy (non-hydrogen) atoms. The van der Waals surface area contributed by atoms with Crippen molar-refractivity contribution in [1.29, 1.82) is 0 Å². The van der Waals surface area contributed by atoms with Crippen molar-refractivity contribution in [1.82, 2.24) is 20.2 Å². The molecule has 0 aromatic carbocycles. The maximum atomic E-state index is 5.98. The van der Waals surface area contributed by atoms with E-state index in [4.69, 9.17) is 4.42 Å². The average molecular weight is 377 g/mol. The van der Waals surface area contributed by atoms with Crippen LogP contribution in [0.5, 0.6) is 0 Å². The number of amidine groups is 1. The topological polar surface area (TPSA) is 66.6 Å². The zero-order valence-electron chi connectivity index (χ0n) is 14.9. The molecule has 4 heterocycles. The fourth-order valence-corrected chi connectivity index (χ4v) is 3.85. The Labute approximate surface area is 162 Å². The van der Waals surface area contributed by atoms with Crippen molar-refractivity contribution in [2.45, 2.75) is 6.92 Å². The van der Waals surface area contributed by atoms with Gasteiger partial charge in [0.15, 0.2) is 5.76 Å². The molecule has 0 aliphatic carbocycles. The van der Waals surface area contributed by atoms with Gasteiger partial charge in [-0.05, 0) is 31.3 Å². The standard InChI is InChI=1S/C20H19N5OS/c1-3-22-19-16(6-8-23-19)14(2)25-9-10-27-18(13-25)17-12-24-20(26-17)15-5-4-7-21-11-15/h3-8,11-13H,1,9-10H2,2H3,(H,22,23)/b16-14+. The molecule has 0 spiro atoms. The highest BCUT2D eigenvalue weighted by molar-refractivity contribution is 8.08. The van der Waals surface area contributed by atoms with Crippen molar-refractivity contribution in [3.8, 4) is 11.5 Å². The monoisotopic (exact) mass is 377 g/mol. The molecular weight excluding hydrogens is 358 g/mol. The molecule has 0 bridgehead atoms. The van der Waals surface area contributed by atoms with Gasteiger partial charge in [-0.1, -0.05) is 6.58 Å². The van der Waals surface area contributed by atoms with Gasteiger partial charge in [0.2, 0.25) is 5.89 Å². The number of pyridine rings is 1. The van der Waals surface area contributed by atoms with Crippen LogP contribution >= 0.6 is 11.8 Å². The fraction of sp³-hybridized carbons (Fsp3) is 0.150. The molecular formula is C20H19N5OS. The van der Waals surface area contributed by atoms with Crippen molar-refractivity contribution in [2.75, 3.05) is 12.3 Å². The lowest BCUT2D eigenvalue weighted by atomic mass is 10.2. The highest BCUT2D eigenvalue weighted by Crippen LogP contribution is 2.35. The minimum absolute atomic E-state index is 0.579. The van der Waals surface area contributed by atoms with Crippen molar-refractivity contribution in [2.24, 2.45) is 4.99 Å². The molecule has 2 aromatic heterocycles. The molecule has 6 nitrogen and oxygen atoms in total. The van der Waals surface area contributed by atoms with Gasteiger partial charge in [-0.2, -0.15) is 0 Å². The summed E-state index contributed by atoms with van der Waals surface area (Å²) in [6.45, 7) is 6.73. The van der Waals surface area contributed by atoms with E-state index < -0.39 is 0 Å². The lowest BCUT2D eigenvalue weighted by Crippen LogP contribution is -2.26. The number of rotatable bonds is 4. The lowest BCUT2D eigenvalue weighted by molar-refractivity contribution is 0.490. The van der Waals surface area contributed by atoms with Crippen LogP contribution in [0.3, 0.4) is 0 Å². The zero-order valence-corrected chi connectivity index (χ0v) is 15.7. The van der Waals surface area contributed by atoms with Crippen molar-refractivity contribution < 1.29 is 4.42 Å². The second kappa shape index (κ2) is 7.67. The summed E-state index contributed by atoms with van der Waals surface area (Å²) in [7, 11) is 0. The van der Waals surface area contributed by atoms with E-state index in [1.165, 1.54) is 0 Å². The minimum atomic E-state index is 0.579. The summed E-state index contributed by atoms with van der Waals surface area (Å²) >= 11 is 1.77. The van der Waals surface area contributed by atoms with Crippen molar-refractivity contribution >= 4 is 22.5 Å². The van der Waals surface area contributed by atoms with Crippen LogP contribution < -0.4 is 5.32 Å². The molecule has 0 saturated carbocycles. The van der Waals surface area contributed by atoms with Gasteiger partial charge in [0.25, 0.3) is 0 Å². The Bertz CT molecular complexity index is 971. The highest BCUT2D eigenvalue weighted by Gasteiger charge is 2.20. The number of hydrogen-bond acceptors (Lipinski definition) is 7. The predicted octanol–water partition coefficient (Wildman–Crippen LogP) is 4.02. The van der Waals surface area contributed by atoms with Crippen LogP contribution in [0.25, 0.3) is 16.4 Å². The van der Waals surface area contributed by atoms with Crippen LogP contribution in [0.2, 0.25) is 0 Å². The van der Waals surface area contributed by atoms with E-state index in [0.29, 0.717) is 5.89 Å². The largest absolute Gasteiger partial charge is 0.435 e. The van der Waals surface area contributed by atoms with Crippen molar-refractivity contribution in [3.63, 3.8) is 0 Å². The summed E-state index contributed by atoms with van der Waals surface area (Å²) in [6.07, 6.45) is 12.8. The molecule has 0 radical (unpaired) electrons. The van der Waals surface area contributed by atoms with E-state index in [1.54, 1.807) is 42.8 Å². The molecule has 0 amide bonds. The Morgan fingerprint density at radius 3 is 3.15 bits per heavy atom. The normalized spacial score (nSPS) is 18.2. The summed E-state index contributed by atoms with van der Waals surface area (Å²) in [6, 6.07) is 3.81. The van der Waals surface area contributed by atoms with Gasteiger partial charge in [0.05, 0.1) is 16.7 Å². The van der Waals surface area contributed by atoms with Gasteiger partial charge in [0, 0.05) is 48.4 Å². The number of allylic oxidation sites excluding steroid dienone is 1. The van der Waals surface area contributed by atoms with E-state index >= 15 is 0 Å². The first-order valence-corrected chi connectivity index (χ1v) is 9.55. The van der Waals surface area contributed by atoms with Crippen LogP contribution in [-0.2, 0) is 0 Å². The second-order valence-electron chi connectivity index (χ2n) is 5.95. The molecule has 0 unspecified atom stereocenters. The van der Waals surface area contributed by atoms with Crippen LogP contribution in [0.1, 0.15) is 12.7 Å². The minimum Gasteiger partial charge on any atom is -0.435 e. The molecule has 0 fully saturated rings. The smallest absolute Gasteiger partial charge is 0.228 e. The Morgan fingerprint density at radius 2 is 2.33 bits per heavy atom. The average Bonchev–Trinajstić information content (AvgIpc) is 3.38. The maximum absolute atomic E-state index is 5.98. The third-order valence-electron chi connectivity index (χ3n) is 4.28. The third kappa shape index (κ3) is 3.59. The molecule has 2 aliphatic rings. The molecule has 2 aliphatic heterocycles. The first-order valence-electron chi connectivity index (χ1n) is 8.57. The SMILES string of the molecule is C=CNC1=NC=C/C1=C(/C)N1C=C(c2cnc(-c3cccnc3)o2)SCC1. The van der Waals surface area contributed by atoms with Gasteiger partial charge >= 0.3 is 0 Å². The Kier molecular flexibility index (Phi) is 4.93. The number of aromatic nitrogens is 2. The zero-order chi connectivity index (χ0) is 18.6. The Morgan fingerprint density at radius 1 is 1.41 bits per heavy atom. The van der Waals surface area contributed by atoms with Crippen LogP contribution in [0, 0.1) is 0 Å². The first-order chi connectivity index (χ1) is 13.3. The van der Waals surface area contributed by atoms with E-state index in [-0.39, 0.29) is 0 Å². The van der Waals surface area contributed by atoms with Crippen LogP contribution in [-0.4, -0.2) is 33.0 Å². The second-order valence-corrected chi connectivity index (χ2v) is 7.08. The molecule has 1 N–H and O–H groups in total. The van der Waals surface area contributed by atoms with E-state index in [0.717, 1.165) is 45.6 Å². The fourth-order valence-electron chi connectivity index (χ4n) is 2.90. The number of thioether (sulfide) groups is 1. The maximum Gasteiger partial charge on any atom is 0.228 e. The number of oxazole rings is 1. The molecule has 7 heteroatoms. The summed E-state index contributed by atoms with van der Waals surface area (Å²) in [5.74, 6) is 3.12. The summed E-state index contributed by atoms with van der Waals surface area (Å²) in [4.78, 5) is 16.2. The summed E-state index contributed by atoms with van der Waals surface area (Å²) in [5.41, 5.74) is 3.06. The molecule has 0 saturated heterocycles. The Hall–Kier alpha value is -3.06. The summed E-state index contributed by atoms with van der Waals surface area (Å²) < 4.78 is 5.98. The van der Waals surface area contributed by atoms with Crippen molar-refractivity contribution in [3.05, 3.63) is 79.0 Å². The quantitative estimate of drug-likeness (QED) is 0.868. The molecule has 2 aromatic rings. The van der Waals surface area contributed by atoms with E-state index in [1.807, 2.05) is 18.2 Å². The number of nitrogens with one attached hydrogen (secondary N) is 1. The molecule has 136 valence electrons. The van der Waals surface area contributed by atoms with E-state index in [2.05, 4.69) is 44.9 Å². The third-order valence-corrected chi connectivity index (χ3v) is 5.28. The Balaban J connectivity index is 1.61. The number of hydrogen-bond donors (Lipinski definition) is 1. The summed E-state index contributed by atoms with van der Waals surface area (Å²) in [5, 5.41) is 3.09. The first kappa shape index (κ1) is 17.4. The predicted molar refractivity (Wildman–Crippen MR) is 109 cm³/mol. The lowest BCUT2D eigenvalue weighted by Gasteiger charge is -2.27. The van der Waals surface area contributed by atoms with Crippen LogP contribution in [0.15, 0.2) is 82.7 Å². The highest BCUT2D eigenvalue weighted by atomic mass is 32.2. The van der Waals surface area contributed by atoms with Gasteiger partial charge in [-0.25, -0.2) is 9.98 Å². The number of aliphatic imine (C=N–C) groups is 1.